The van der Waals surface area contributed by atoms with Crippen LogP contribution in [0.25, 0.3) is 28.1 Å². The third kappa shape index (κ3) is 5.33. The van der Waals surface area contributed by atoms with Gasteiger partial charge < -0.3 is 19.5 Å². The molecule has 1 aromatic heterocycles. The molecule has 0 aliphatic heterocycles. The molecule has 0 unspecified atom stereocenters. The molecular weight excluding hydrogens is 470 g/mol. The second-order valence-corrected chi connectivity index (χ2v) is 8.37. The number of hydrogen-bond donors (Lipinski definition) is 1. The van der Waals surface area contributed by atoms with Gasteiger partial charge in [0.05, 0.1) is 25.5 Å². The van der Waals surface area contributed by atoms with Gasteiger partial charge in [0, 0.05) is 24.6 Å². The summed E-state index contributed by atoms with van der Waals surface area (Å²) in [5, 5.41) is 7.78. The van der Waals surface area contributed by atoms with Crippen LogP contribution in [0.1, 0.15) is 25.8 Å². The van der Waals surface area contributed by atoms with E-state index in [9.17, 15) is 9.59 Å². The lowest BCUT2D eigenvalue weighted by atomic mass is 10.0. The van der Waals surface area contributed by atoms with Gasteiger partial charge >= 0.3 is 5.97 Å². The fourth-order valence-corrected chi connectivity index (χ4v) is 4.01. The average Bonchev–Trinajstić information content (AvgIpc) is 3.26. The van der Waals surface area contributed by atoms with E-state index in [1.54, 1.807) is 31.9 Å². The van der Waals surface area contributed by atoms with Crippen molar-refractivity contribution in [1.29, 1.82) is 0 Å². The Morgan fingerprint density at radius 2 is 1.59 bits per heavy atom. The summed E-state index contributed by atoms with van der Waals surface area (Å²) >= 11 is 0. The highest BCUT2D eigenvalue weighted by Crippen LogP contribution is 2.43. The van der Waals surface area contributed by atoms with Crippen LogP contribution in [0.4, 0.5) is 5.69 Å². The first-order valence-corrected chi connectivity index (χ1v) is 11.9. The van der Waals surface area contributed by atoms with Gasteiger partial charge in [-0.2, -0.15) is 9.78 Å². The van der Waals surface area contributed by atoms with E-state index in [-0.39, 0.29) is 11.8 Å². The van der Waals surface area contributed by atoms with Gasteiger partial charge in [-0.25, -0.2) is 0 Å². The maximum Gasteiger partial charge on any atom is 0.309 e. The Bertz CT molecular complexity index is 1440. The highest BCUT2D eigenvalue weighted by atomic mass is 16.5. The Kier molecular flexibility index (Phi) is 7.57. The number of nitrogens with zero attached hydrogens (tertiary/aromatic N) is 2. The molecular formula is C29H29N3O5. The molecule has 1 N–H and O–H groups in total. The molecule has 4 rings (SSSR count). The molecule has 37 heavy (non-hydrogen) atoms. The van der Waals surface area contributed by atoms with Crippen LogP contribution in [0.3, 0.4) is 0 Å². The predicted molar refractivity (Wildman–Crippen MR) is 143 cm³/mol. The summed E-state index contributed by atoms with van der Waals surface area (Å²) in [7, 11) is 3.15. The maximum atomic E-state index is 12.3. The quantitative estimate of drug-likeness (QED) is 0.308. The van der Waals surface area contributed by atoms with Crippen molar-refractivity contribution in [3.63, 3.8) is 0 Å². The molecule has 0 radical (unpaired) electrons. The zero-order chi connectivity index (χ0) is 26.5. The highest BCUT2D eigenvalue weighted by Gasteiger charge is 2.26. The lowest BCUT2D eigenvalue weighted by Crippen LogP contribution is -2.09. The SMILES string of the molecule is CCC(=O)Nc1ccc(-c2c(-c3ccc(OC)c(OC)c3)nn(-c3ccccc3C)c2OC(C)=O)cc1. The van der Waals surface area contributed by atoms with Crippen molar-refractivity contribution in [3.05, 3.63) is 72.3 Å². The molecule has 0 bridgehead atoms. The number of ether oxygens (including phenoxy) is 3. The van der Waals surface area contributed by atoms with Crippen LogP contribution in [0.5, 0.6) is 17.4 Å². The first-order chi connectivity index (χ1) is 17.9. The fraction of sp³-hybridized carbons (Fsp3) is 0.207. The average molecular weight is 500 g/mol. The molecule has 0 saturated heterocycles. The molecule has 8 nitrogen and oxygen atoms in total. The van der Waals surface area contributed by atoms with Crippen LogP contribution in [0, 0.1) is 6.92 Å². The second-order valence-electron chi connectivity index (χ2n) is 8.37. The number of nitrogens with one attached hydrogen (secondary N) is 1. The zero-order valence-electron chi connectivity index (χ0n) is 21.5. The minimum Gasteiger partial charge on any atom is -0.493 e. The van der Waals surface area contributed by atoms with Gasteiger partial charge in [0.1, 0.15) is 5.69 Å². The van der Waals surface area contributed by atoms with Crippen LogP contribution in [0.15, 0.2) is 66.7 Å². The number of aromatic nitrogens is 2. The van der Waals surface area contributed by atoms with Crippen LogP contribution in [-0.4, -0.2) is 35.9 Å². The number of anilines is 1. The number of esters is 1. The van der Waals surface area contributed by atoms with Crippen LogP contribution >= 0.6 is 0 Å². The Morgan fingerprint density at radius 3 is 2.22 bits per heavy atom. The first kappa shape index (κ1) is 25.5. The Morgan fingerprint density at radius 1 is 0.919 bits per heavy atom. The summed E-state index contributed by atoms with van der Waals surface area (Å²) in [4.78, 5) is 24.1. The first-order valence-electron chi connectivity index (χ1n) is 11.9. The normalized spacial score (nSPS) is 10.6. The Labute approximate surface area is 215 Å². The van der Waals surface area contributed by atoms with Gasteiger partial charge in [-0.1, -0.05) is 37.3 Å². The predicted octanol–water partition coefficient (Wildman–Crippen LogP) is 5.81. The summed E-state index contributed by atoms with van der Waals surface area (Å²) < 4.78 is 18.4. The lowest BCUT2D eigenvalue weighted by molar-refractivity contribution is -0.132. The molecule has 0 aliphatic carbocycles. The smallest absolute Gasteiger partial charge is 0.309 e. The standard InChI is InChI=1S/C29H29N3O5/c1-6-26(34)30-22-14-11-20(12-15-22)27-28(21-13-16-24(35-4)25(17-21)36-5)31-32(29(27)37-19(3)33)23-10-8-7-9-18(23)2/h7-17H,6H2,1-5H3,(H,30,34). The van der Waals surface area contributed by atoms with E-state index < -0.39 is 5.97 Å². The van der Waals surface area contributed by atoms with E-state index in [1.165, 1.54) is 6.92 Å². The van der Waals surface area contributed by atoms with E-state index in [4.69, 9.17) is 19.3 Å². The number of carbonyl (C=O) groups excluding carboxylic acids is 2. The topological polar surface area (TPSA) is 91.7 Å². The van der Waals surface area contributed by atoms with Gasteiger partial charge in [0.2, 0.25) is 11.8 Å². The highest BCUT2D eigenvalue weighted by molar-refractivity contribution is 5.92. The number of benzene rings is 3. The van der Waals surface area contributed by atoms with E-state index in [0.29, 0.717) is 34.9 Å². The van der Waals surface area contributed by atoms with Crippen molar-refractivity contribution in [2.75, 3.05) is 19.5 Å². The number of carbonyl (C=O) groups is 2. The number of amides is 1. The van der Waals surface area contributed by atoms with Gasteiger partial charge in [-0.3, -0.25) is 9.59 Å². The third-order valence-electron chi connectivity index (χ3n) is 5.86. The molecule has 0 atom stereocenters. The number of rotatable bonds is 8. The largest absolute Gasteiger partial charge is 0.493 e. The molecule has 0 fully saturated rings. The van der Waals surface area contributed by atoms with E-state index in [0.717, 1.165) is 22.4 Å². The monoisotopic (exact) mass is 499 g/mol. The summed E-state index contributed by atoms with van der Waals surface area (Å²) in [5.41, 5.74) is 5.13. The Balaban J connectivity index is 1.98. The summed E-state index contributed by atoms with van der Waals surface area (Å²) in [6, 6.07) is 20.6. The molecule has 0 spiro atoms. The molecule has 8 heteroatoms. The van der Waals surface area contributed by atoms with E-state index in [2.05, 4.69) is 5.32 Å². The van der Waals surface area contributed by atoms with Crippen molar-refractivity contribution in [1.82, 2.24) is 9.78 Å². The van der Waals surface area contributed by atoms with Gasteiger partial charge in [-0.15, -0.1) is 0 Å². The van der Waals surface area contributed by atoms with Crippen LogP contribution in [0.2, 0.25) is 0 Å². The number of methoxy groups -OCH3 is 2. The lowest BCUT2D eigenvalue weighted by Gasteiger charge is -2.12. The van der Waals surface area contributed by atoms with Crippen molar-refractivity contribution in [2.24, 2.45) is 0 Å². The fourth-order valence-electron chi connectivity index (χ4n) is 4.01. The summed E-state index contributed by atoms with van der Waals surface area (Å²) in [6.45, 7) is 5.12. The molecule has 3 aromatic carbocycles. The maximum absolute atomic E-state index is 12.3. The van der Waals surface area contributed by atoms with Crippen molar-refractivity contribution in [2.45, 2.75) is 27.2 Å². The summed E-state index contributed by atoms with van der Waals surface area (Å²) in [5.74, 6) is 0.871. The van der Waals surface area contributed by atoms with Crippen LogP contribution < -0.4 is 19.5 Å². The molecule has 0 saturated carbocycles. The minimum atomic E-state index is -0.471. The zero-order valence-corrected chi connectivity index (χ0v) is 21.5. The Hall–Kier alpha value is -4.59. The van der Waals surface area contributed by atoms with Crippen molar-refractivity contribution >= 4 is 17.6 Å². The van der Waals surface area contributed by atoms with Gasteiger partial charge in [0.15, 0.2) is 11.5 Å². The summed E-state index contributed by atoms with van der Waals surface area (Å²) in [6.07, 6.45) is 0.380. The minimum absolute atomic E-state index is 0.0771. The van der Waals surface area contributed by atoms with Crippen molar-refractivity contribution < 1.29 is 23.8 Å². The van der Waals surface area contributed by atoms with Crippen molar-refractivity contribution in [3.8, 4) is 45.5 Å². The van der Waals surface area contributed by atoms with E-state index in [1.807, 2.05) is 67.6 Å². The molecule has 1 heterocycles. The van der Waals surface area contributed by atoms with Gasteiger partial charge in [-0.05, 0) is 54.4 Å². The number of para-hydroxylation sites is 1. The molecule has 1 amide bonds. The van der Waals surface area contributed by atoms with E-state index >= 15 is 0 Å². The molecule has 4 aromatic rings. The number of hydrogen-bond acceptors (Lipinski definition) is 6. The number of aryl methyl sites for hydroxylation is 1. The van der Waals surface area contributed by atoms with Gasteiger partial charge in [0.25, 0.3) is 0 Å². The third-order valence-corrected chi connectivity index (χ3v) is 5.86. The van der Waals surface area contributed by atoms with Crippen LogP contribution in [-0.2, 0) is 9.59 Å². The second kappa shape index (κ2) is 11.0. The molecule has 0 aliphatic rings. The molecule has 190 valence electrons.